The van der Waals surface area contributed by atoms with Gasteiger partial charge < -0.3 is 4.74 Å². The molecule has 0 aliphatic heterocycles. The lowest BCUT2D eigenvalue weighted by molar-refractivity contribution is -0.128. The maximum atomic E-state index is 12.9. The predicted molar refractivity (Wildman–Crippen MR) is 101 cm³/mol. The van der Waals surface area contributed by atoms with Crippen LogP contribution in [0.2, 0.25) is 0 Å². The molecule has 138 valence electrons. The van der Waals surface area contributed by atoms with Gasteiger partial charge in [-0.2, -0.15) is 0 Å². The molecule has 0 N–H and O–H groups in total. The highest BCUT2D eigenvalue weighted by Crippen LogP contribution is 2.30. The van der Waals surface area contributed by atoms with Crippen LogP contribution in [0.25, 0.3) is 0 Å². The standard InChI is InChI=1S/C21H30O4/c1-12-10-15(22)17(19(24)21(7,8)9)18(14(3)13(12)2)25-11-16(23)20(4,5)6/h10H,11H2,1-9H3. The highest BCUT2D eigenvalue weighted by molar-refractivity contribution is 6.02. The Hall–Kier alpha value is -1.97. The van der Waals surface area contributed by atoms with Gasteiger partial charge in [0.1, 0.15) is 17.9 Å². The second kappa shape index (κ2) is 7.11. The zero-order chi connectivity index (χ0) is 19.7. The van der Waals surface area contributed by atoms with E-state index in [-0.39, 0.29) is 34.9 Å². The summed E-state index contributed by atoms with van der Waals surface area (Å²) >= 11 is 0. The molecule has 1 aromatic carbocycles. The van der Waals surface area contributed by atoms with Gasteiger partial charge >= 0.3 is 0 Å². The van der Waals surface area contributed by atoms with Crippen LogP contribution in [0.4, 0.5) is 0 Å². The van der Waals surface area contributed by atoms with Crippen molar-refractivity contribution in [2.75, 3.05) is 6.61 Å². The summed E-state index contributed by atoms with van der Waals surface area (Å²) in [4.78, 5) is 37.9. The molecule has 0 spiro atoms. The van der Waals surface area contributed by atoms with E-state index in [0.29, 0.717) is 5.56 Å². The molecule has 4 nitrogen and oxygen atoms in total. The third-order valence-corrected chi connectivity index (χ3v) is 4.41. The van der Waals surface area contributed by atoms with E-state index in [1.165, 1.54) is 6.07 Å². The van der Waals surface area contributed by atoms with Crippen LogP contribution in [0, 0.1) is 31.6 Å². The van der Waals surface area contributed by atoms with Crippen molar-refractivity contribution in [3.05, 3.63) is 38.5 Å². The maximum Gasteiger partial charge on any atom is 0.193 e. The molecule has 0 unspecified atom stereocenters. The molecule has 0 amide bonds. The summed E-state index contributed by atoms with van der Waals surface area (Å²) in [6.07, 6.45) is 0. The number of aryl methyl sites for hydroxylation is 1. The number of Topliss-reactive ketones (excluding diaryl/α,β-unsaturated/α-hetero) is 2. The third kappa shape index (κ3) is 4.77. The van der Waals surface area contributed by atoms with Crippen molar-refractivity contribution >= 4 is 11.6 Å². The molecule has 0 bridgehead atoms. The van der Waals surface area contributed by atoms with Crippen molar-refractivity contribution in [1.29, 1.82) is 0 Å². The Morgan fingerprint density at radius 1 is 0.920 bits per heavy atom. The van der Waals surface area contributed by atoms with Crippen LogP contribution in [0.3, 0.4) is 0 Å². The van der Waals surface area contributed by atoms with Gasteiger partial charge in [-0.15, -0.1) is 0 Å². The van der Waals surface area contributed by atoms with Gasteiger partial charge in [-0.05, 0) is 43.5 Å². The lowest BCUT2D eigenvalue weighted by Gasteiger charge is -2.20. The first kappa shape index (κ1) is 21.1. The van der Waals surface area contributed by atoms with E-state index >= 15 is 0 Å². The van der Waals surface area contributed by atoms with E-state index in [1.54, 1.807) is 20.8 Å². The van der Waals surface area contributed by atoms with Gasteiger partial charge in [0.15, 0.2) is 17.0 Å². The SMILES string of the molecule is Cc1cc(=O)c(C(=O)C(C)(C)C)c(OCC(=O)C(C)(C)C)c(C)c1C. The summed E-state index contributed by atoms with van der Waals surface area (Å²) in [5.41, 5.74) is 0.771. The highest BCUT2D eigenvalue weighted by Gasteiger charge is 2.30. The first-order chi connectivity index (χ1) is 11.2. The Bertz CT molecular complexity index is 759. The number of hydrogen-bond donors (Lipinski definition) is 0. The fourth-order valence-corrected chi connectivity index (χ4v) is 2.27. The molecular formula is C21H30O4. The molecule has 0 fully saturated rings. The Morgan fingerprint density at radius 3 is 1.88 bits per heavy atom. The summed E-state index contributed by atoms with van der Waals surface area (Å²) < 4.78 is 5.78. The Labute approximate surface area is 150 Å². The summed E-state index contributed by atoms with van der Waals surface area (Å²) in [6, 6.07) is 1.47. The summed E-state index contributed by atoms with van der Waals surface area (Å²) in [5.74, 6) is -0.142. The maximum absolute atomic E-state index is 12.9. The third-order valence-electron chi connectivity index (χ3n) is 4.41. The number of carbonyl (C=O) groups excluding carboxylic acids is 2. The molecule has 0 aromatic heterocycles. The summed E-state index contributed by atoms with van der Waals surface area (Å²) in [5, 5.41) is 0. The van der Waals surface area contributed by atoms with Crippen LogP contribution in [0.1, 0.15) is 68.6 Å². The lowest BCUT2D eigenvalue weighted by Crippen LogP contribution is -2.29. The largest absolute Gasteiger partial charge is 0.485 e. The van der Waals surface area contributed by atoms with Crippen LogP contribution in [-0.2, 0) is 4.79 Å². The van der Waals surface area contributed by atoms with Crippen LogP contribution in [0.15, 0.2) is 10.9 Å². The van der Waals surface area contributed by atoms with Gasteiger partial charge in [-0.3, -0.25) is 14.4 Å². The van der Waals surface area contributed by atoms with Crippen molar-refractivity contribution in [2.24, 2.45) is 10.8 Å². The molecular weight excluding hydrogens is 316 g/mol. The second-order valence-electron chi connectivity index (χ2n) is 8.69. The van der Waals surface area contributed by atoms with Gasteiger partial charge in [0.25, 0.3) is 0 Å². The van der Waals surface area contributed by atoms with Crippen LogP contribution >= 0.6 is 0 Å². The topological polar surface area (TPSA) is 60.4 Å². The molecule has 4 heteroatoms. The van der Waals surface area contributed by atoms with E-state index in [4.69, 9.17) is 4.74 Å². The molecule has 0 saturated heterocycles. The highest BCUT2D eigenvalue weighted by atomic mass is 16.5. The first-order valence-electron chi connectivity index (χ1n) is 8.54. The number of hydrogen-bond acceptors (Lipinski definition) is 4. The monoisotopic (exact) mass is 346 g/mol. The van der Waals surface area contributed by atoms with Gasteiger partial charge in [-0.25, -0.2) is 0 Å². The predicted octanol–water partition coefficient (Wildman–Crippen LogP) is 4.19. The van der Waals surface area contributed by atoms with E-state index < -0.39 is 10.8 Å². The Morgan fingerprint density at radius 2 is 1.44 bits per heavy atom. The van der Waals surface area contributed by atoms with Crippen LogP contribution in [-0.4, -0.2) is 18.2 Å². The molecule has 1 aromatic rings. The van der Waals surface area contributed by atoms with Crippen LogP contribution < -0.4 is 10.2 Å². The summed E-state index contributed by atoms with van der Waals surface area (Å²) in [6.45, 7) is 16.1. The van der Waals surface area contributed by atoms with Gasteiger partial charge in [0, 0.05) is 10.8 Å². The molecule has 25 heavy (non-hydrogen) atoms. The Balaban J connectivity index is 3.64. The van der Waals surface area contributed by atoms with Crippen molar-refractivity contribution in [2.45, 2.75) is 62.3 Å². The quantitative estimate of drug-likeness (QED) is 0.767. The molecule has 0 aliphatic carbocycles. The number of rotatable bonds is 4. The number of ether oxygens (including phenoxy) is 1. The first-order valence-corrected chi connectivity index (χ1v) is 8.54. The van der Waals surface area contributed by atoms with Gasteiger partial charge in [-0.1, -0.05) is 41.5 Å². The fraction of sp³-hybridized carbons (Fsp3) is 0.571. The van der Waals surface area contributed by atoms with Gasteiger partial charge in [0.05, 0.1) is 0 Å². The molecule has 0 saturated carbocycles. The van der Waals surface area contributed by atoms with Gasteiger partial charge in [0.2, 0.25) is 0 Å². The van der Waals surface area contributed by atoms with Crippen molar-refractivity contribution in [3.63, 3.8) is 0 Å². The zero-order valence-electron chi connectivity index (χ0n) is 16.9. The van der Waals surface area contributed by atoms with Crippen molar-refractivity contribution < 1.29 is 14.3 Å². The summed E-state index contributed by atoms with van der Waals surface area (Å²) in [7, 11) is 0. The minimum Gasteiger partial charge on any atom is -0.485 e. The normalized spacial score (nSPS) is 12.0. The van der Waals surface area contributed by atoms with E-state index in [9.17, 15) is 14.4 Å². The minimum absolute atomic E-state index is 0.0305. The van der Waals surface area contributed by atoms with E-state index in [1.807, 2.05) is 41.5 Å². The van der Waals surface area contributed by atoms with Crippen molar-refractivity contribution in [3.8, 4) is 5.75 Å². The van der Waals surface area contributed by atoms with Crippen LogP contribution in [0.5, 0.6) is 5.75 Å². The minimum atomic E-state index is -0.728. The molecule has 0 heterocycles. The van der Waals surface area contributed by atoms with E-state index in [0.717, 1.165) is 11.1 Å². The molecule has 0 atom stereocenters. The van der Waals surface area contributed by atoms with E-state index in [2.05, 4.69) is 0 Å². The zero-order valence-corrected chi connectivity index (χ0v) is 16.9. The average Bonchev–Trinajstić information content (AvgIpc) is 2.53. The molecule has 0 aliphatic rings. The number of ketones is 2. The fourth-order valence-electron chi connectivity index (χ4n) is 2.27. The second-order valence-corrected chi connectivity index (χ2v) is 8.69. The average molecular weight is 346 g/mol. The number of carbonyl (C=O) groups is 2. The lowest BCUT2D eigenvalue weighted by atomic mass is 9.86. The Kier molecular flexibility index (Phi) is 5.99. The smallest absolute Gasteiger partial charge is 0.193 e. The van der Waals surface area contributed by atoms with Crippen molar-refractivity contribution in [1.82, 2.24) is 0 Å². The molecule has 0 radical (unpaired) electrons. The molecule has 1 rings (SSSR count).